The van der Waals surface area contributed by atoms with Gasteiger partial charge in [0.05, 0.1) is 28.8 Å². The van der Waals surface area contributed by atoms with Gasteiger partial charge in [0.1, 0.15) is 5.82 Å². The number of anilines is 2. The molecule has 0 aliphatic carbocycles. The van der Waals surface area contributed by atoms with Gasteiger partial charge in [-0.2, -0.15) is 0 Å². The largest absolute Gasteiger partial charge is 0.373 e. The Labute approximate surface area is 157 Å². The van der Waals surface area contributed by atoms with Crippen LogP contribution in [0.15, 0.2) is 47.3 Å². The number of para-hydroxylation sites is 1. The summed E-state index contributed by atoms with van der Waals surface area (Å²) in [6.45, 7) is 2.44. The Morgan fingerprint density at radius 3 is 2.73 bits per heavy atom. The van der Waals surface area contributed by atoms with Gasteiger partial charge in [-0.25, -0.2) is 4.98 Å². The maximum absolute atomic E-state index is 12.7. The number of rotatable bonds is 2. The van der Waals surface area contributed by atoms with Crippen molar-refractivity contribution >= 4 is 33.9 Å². The van der Waals surface area contributed by atoms with E-state index in [1.54, 1.807) is 11.6 Å². The van der Waals surface area contributed by atoms with Gasteiger partial charge in [-0.05, 0) is 36.8 Å². The predicted molar refractivity (Wildman–Crippen MR) is 107 cm³/mol. The number of aromatic nitrogens is 2. The molecule has 0 amide bonds. The molecule has 0 N–H and O–H groups in total. The van der Waals surface area contributed by atoms with Crippen LogP contribution in [0.3, 0.4) is 0 Å². The molecule has 0 bridgehead atoms. The Morgan fingerprint density at radius 2 is 1.88 bits per heavy atom. The van der Waals surface area contributed by atoms with E-state index in [0.29, 0.717) is 17.0 Å². The highest BCUT2D eigenvalue weighted by Gasteiger charge is 2.20. The molecule has 0 saturated heterocycles. The molecule has 1 aromatic heterocycles. The van der Waals surface area contributed by atoms with Crippen LogP contribution in [0.1, 0.15) is 12.2 Å². The molecule has 1 aliphatic heterocycles. The van der Waals surface area contributed by atoms with E-state index in [9.17, 15) is 4.79 Å². The third kappa shape index (κ3) is 2.92. The van der Waals surface area contributed by atoms with Gasteiger partial charge in [0.25, 0.3) is 5.56 Å². The molecule has 134 valence electrons. The third-order valence-electron chi connectivity index (χ3n) is 5.02. The molecule has 2 aromatic carbocycles. The van der Waals surface area contributed by atoms with Crippen LogP contribution in [0.4, 0.5) is 11.4 Å². The molecular formula is C20H21ClN4O. The van der Waals surface area contributed by atoms with E-state index in [1.165, 1.54) is 0 Å². The average Bonchev–Trinajstić information content (AvgIpc) is 2.78. The number of hydrogen-bond donors (Lipinski definition) is 0. The fraction of sp³-hybridized carbons (Fsp3) is 0.300. The highest BCUT2D eigenvalue weighted by atomic mass is 35.5. The number of nitrogens with zero attached hydrogens (tertiary/aromatic N) is 4. The molecular weight excluding hydrogens is 348 g/mol. The second-order valence-corrected chi connectivity index (χ2v) is 7.18. The summed E-state index contributed by atoms with van der Waals surface area (Å²) in [7, 11) is 3.89. The lowest BCUT2D eigenvalue weighted by Gasteiger charge is -2.26. The van der Waals surface area contributed by atoms with Crippen LogP contribution in [-0.4, -0.2) is 29.7 Å². The van der Waals surface area contributed by atoms with E-state index >= 15 is 0 Å². The minimum absolute atomic E-state index is 0.0103. The summed E-state index contributed by atoms with van der Waals surface area (Å²) < 4.78 is 1.65. The van der Waals surface area contributed by atoms with Crippen LogP contribution >= 0.6 is 11.6 Å². The number of hydrogen-bond acceptors (Lipinski definition) is 4. The molecule has 0 spiro atoms. The van der Waals surface area contributed by atoms with Crippen LogP contribution in [-0.2, 0) is 13.6 Å². The molecule has 0 saturated carbocycles. The Morgan fingerprint density at radius 1 is 1.08 bits per heavy atom. The summed E-state index contributed by atoms with van der Waals surface area (Å²) in [5.41, 5.74) is 2.96. The van der Waals surface area contributed by atoms with E-state index in [1.807, 2.05) is 36.4 Å². The van der Waals surface area contributed by atoms with Gasteiger partial charge in [0.2, 0.25) is 0 Å². The van der Waals surface area contributed by atoms with Crippen LogP contribution in [0.25, 0.3) is 10.9 Å². The summed E-state index contributed by atoms with van der Waals surface area (Å²) in [5.74, 6) is 0.754. The topological polar surface area (TPSA) is 41.4 Å². The summed E-state index contributed by atoms with van der Waals surface area (Å²) in [6.07, 6.45) is 1.03. The Kier molecular flexibility index (Phi) is 4.32. The third-order valence-corrected chi connectivity index (χ3v) is 5.25. The second kappa shape index (κ2) is 6.65. The molecule has 0 radical (unpaired) electrons. The van der Waals surface area contributed by atoms with Gasteiger partial charge in [-0.15, -0.1) is 0 Å². The summed E-state index contributed by atoms with van der Waals surface area (Å²) in [5, 5.41) is 1.36. The molecule has 0 unspecified atom stereocenters. The highest BCUT2D eigenvalue weighted by molar-refractivity contribution is 6.31. The fourth-order valence-electron chi connectivity index (χ4n) is 3.55. The zero-order chi connectivity index (χ0) is 18.3. The van der Waals surface area contributed by atoms with Crippen molar-refractivity contribution in [3.63, 3.8) is 0 Å². The minimum atomic E-state index is -0.0103. The molecule has 2 heterocycles. The van der Waals surface area contributed by atoms with Crippen LogP contribution in [0.5, 0.6) is 0 Å². The molecule has 5 nitrogen and oxygen atoms in total. The summed E-state index contributed by atoms with van der Waals surface area (Å²) in [6, 6.07) is 13.5. The fourth-order valence-corrected chi connectivity index (χ4v) is 3.72. The lowest BCUT2D eigenvalue weighted by molar-refractivity contribution is 0.675. The first-order chi connectivity index (χ1) is 12.5. The zero-order valence-corrected chi connectivity index (χ0v) is 15.7. The van der Waals surface area contributed by atoms with Crippen molar-refractivity contribution in [2.24, 2.45) is 7.05 Å². The maximum Gasteiger partial charge on any atom is 0.261 e. The Balaban J connectivity index is 1.79. The quantitative estimate of drug-likeness (QED) is 0.695. The number of halogens is 1. The predicted octanol–water partition coefficient (Wildman–Crippen LogP) is 3.43. The van der Waals surface area contributed by atoms with Crippen LogP contribution in [0.2, 0.25) is 5.02 Å². The number of fused-ring (bicyclic) bond motifs is 2. The summed E-state index contributed by atoms with van der Waals surface area (Å²) in [4.78, 5) is 21.9. The first-order valence-corrected chi connectivity index (χ1v) is 9.12. The van der Waals surface area contributed by atoms with E-state index in [-0.39, 0.29) is 5.56 Å². The van der Waals surface area contributed by atoms with Crippen LogP contribution in [0, 0.1) is 0 Å². The molecule has 3 aromatic rings. The van der Waals surface area contributed by atoms with Crippen molar-refractivity contribution in [3.8, 4) is 0 Å². The second-order valence-electron chi connectivity index (χ2n) is 6.74. The van der Waals surface area contributed by atoms with E-state index in [0.717, 1.165) is 42.2 Å². The van der Waals surface area contributed by atoms with E-state index < -0.39 is 0 Å². The van der Waals surface area contributed by atoms with E-state index in [4.69, 9.17) is 16.6 Å². The van der Waals surface area contributed by atoms with Crippen molar-refractivity contribution in [1.29, 1.82) is 0 Å². The molecule has 26 heavy (non-hydrogen) atoms. The van der Waals surface area contributed by atoms with Gasteiger partial charge >= 0.3 is 0 Å². The monoisotopic (exact) mass is 368 g/mol. The molecule has 0 atom stereocenters. The van der Waals surface area contributed by atoms with Crippen LogP contribution < -0.4 is 15.4 Å². The lowest BCUT2D eigenvalue weighted by atomic mass is 10.2. The Hall–Kier alpha value is -2.53. The van der Waals surface area contributed by atoms with Crippen molar-refractivity contribution in [3.05, 3.63) is 63.7 Å². The van der Waals surface area contributed by atoms with Crippen molar-refractivity contribution < 1.29 is 0 Å². The first-order valence-electron chi connectivity index (χ1n) is 8.75. The highest BCUT2D eigenvalue weighted by Crippen LogP contribution is 2.34. The zero-order valence-electron chi connectivity index (χ0n) is 14.9. The van der Waals surface area contributed by atoms with Gasteiger partial charge in [-0.1, -0.05) is 23.7 Å². The van der Waals surface area contributed by atoms with Gasteiger partial charge < -0.3 is 9.80 Å². The molecule has 4 rings (SSSR count). The van der Waals surface area contributed by atoms with Gasteiger partial charge in [-0.3, -0.25) is 9.36 Å². The molecule has 0 fully saturated rings. The SMILES string of the molecule is CN1CCCN(Cc2nc3ccccc3c(=O)n2C)c2cc(Cl)ccc21. The lowest BCUT2D eigenvalue weighted by Crippen LogP contribution is -2.30. The molecule has 6 heteroatoms. The summed E-state index contributed by atoms with van der Waals surface area (Å²) >= 11 is 6.26. The van der Waals surface area contributed by atoms with Crippen molar-refractivity contribution in [2.45, 2.75) is 13.0 Å². The Bertz CT molecular complexity index is 1030. The standard InChI is InChI=1S/C20H21ClN4O/c1-23-10-5-11-25(18-12-14(21)8-9-17(18)23)13-19-22-16-7-4-3-6-15(16)20(26)24(19)2/h3-4,6-9,12H,5,10-11,13H2,1-2H3. The van der Waals surface area contributed by atoms with Gasteiger partial charge in [0.15, 0.2) is 0 Å². The normalized spacial score (nSPS) is 14.4. The van der Waals surface area contributed by atoms with Gasteiger partial charge in [0, 0.05) is 32.2 Å². The van der Waals surface area contributed by atoms with Crippen molar-refractivity contribution in [1.82, 2.24) is 9.55 Å². The maximum atomic E-state index is 12.7. The van der Waals surface area contributed by atoms with Crippen molar-refractivity contribution in [2.75, 3.05) is 29.9 Å². The average molecular weight is 369 g/mol. The minimum Gasteiger partial charge on any atom is -0.373 e. The van der Waals surface area contributed by atoms with E-state index in [2.05, 4.69) is 22.9 Å². The molecule has 1 aliphatic rings. The first kappa shape index (κ1) is 16.9. The number of benzene rings is 2. The smallest absolute Gasteiger partial charge is 0.261 e.